The van der Waals surface area contributed by atoms with Crippen LogP contribution in [0.1, 0.15) is 12.5 Å². The van der Waals surface area contributed by atoms with Crippen molar-refractivity contribution in [2.45, 2.75) is 13.8 Å². The Labute approximate surface area is 115 Å². The number of nitrogen functional groups attached to an aromatic ring is 1. The first-order valence-electron chi connectivity index (χ1n) is 6.01. The van der Waals surface area contributed by atoms with Crippen LogP contribution in [0.15, 0.2) is 18.2 Å². The molecule has 0 spiro atoms. The summed E-state index contributed by atoms with van der Waals surface area (Å²) in [6.45, 7) is 4.00. The van der Waals surface area contributed by atoms with Gasteiger partial charge in [0.2, 0.25) is 11.9 Å². The lowest BCUT2D eigenvalue weighted by molar-refractivity contribution is 0.312. The molecule has 0 amide bonds. The highest BCUT2D eigenvalue weighted by Gasteiger charge is 2.09. The molecule has 8 heteroatoms. The predicted molar refractivity (Wildman–Crippen MR) is 73.2 cm³/mol. The van der Waals surface area contributed by atoms with Crippen LogP contribution >= 0.6 is 0 Å². The smallest absolute Gasteiger partial charge is 0.323 e. The highest BCUT2D eigenvalue weighted by Crippen LogP contribution is 2.20. The van der Waals surface area contributed by atoms with Gasteiger partial charge in [-0.2, -0.15) is 15.0 Å². The van der Waals surface area contributed by atoms with Gasteiger partial charge in [0.05, 0.1) is 12.3 Å². The molecule has 0 bridgehead atoms. The molecule has 0 saturated carbocycles. The fourth-order valence-corrected chi connectivity index (χ4v) is 1.51. The molecule has 1 aromatic heterocycles. The van der Waals surface area contributed by atoms with Crippen LogP contribution in [-0.4, -0.2) is 21.6 Å². The quantitative estimate of drug-likeness (QED) is 0.566. The average molecular weight is 278 g/mol. The molecule has 0 aliphatic rings. The number of hydrazine groups is 1. The molecule has 2 aromatic rings. The second-order valence-corrected chi connectivity index (χ2v) is 3.95. The lowest BCUT2D eigenvalue weighted by Crippen LogP contribution is -2.13. The molecule has 1 heterocycles. The van der Waals surface area contributed by atoms with Crippen molar-refractivity contribution in [3.63, 3.8) is 0 Å². The van der Waals surface area contributed by atoms with Crippen molar-refractivity contribution in [2.75, 3.05) is 17.3 Å². The molecule has 0 atom stereocenters. The predicted octanol–water partition coefficient (Wildman–Crippen LogP) is 1.75. The minimum absolute atomic E-state index is 0.102. The fraction of sp³-hybridized carbons (Fsp3) is 0.250. The summed E-state index contributed by atoms with van der Waals surface area (Å²) in [4.78, 5) is 11.9. The number of hydrogen-bond donors (Lipinski definition) is 3. The van der Waals surface area contributed by atoms with E-state index in [1.807, 2.05) is 0 Å². The summed E-state index contributed by atoms with van der Waals surface area (Å²) >= 11 is 0. The van der Waals surface area contributed by atoms with E-state index in [1.165, 1.54) is 6.07 Å². The number of nitrogens with one attached hydrogen (secondary N) is 2. The molecule has 0 aliphatic carbocycles. The monoisotopic (exact) mass is 278 g/mol. The Balaban J connectivity index is 2.29. The molecule has 7 nitrogen and oxygen atoms in total. The Bertz CT molecular complexity index is 606. The molecule has 0 saturated heterocycles. The molecule has 1 aromatic carbocycles. The van der Waals surface area contributed by atoms with Gasteiger partial charge in [0, 0.05) is 0 Å². The van der Waals surface area contributed by atoms with Crippen LogP contribution in [0.5, 0.6) is 6.01 Å². The van der Waals surface area contributed by atoms with Crippen LogP contribution in [-0.2, 0) is 0 Å². The van der Waals surface area contributed by atoms with Gasteiger partial charge in [0.15, 0.2) is 0 Å². The molecule has 0 aliphatic heterocycles. The lowest BCUT2D eigenvalue weighted by Gasteiger charge is -2.09. The van der Waals surface area contributed by atoms with E-state index in [2.05, 4.69) is 25.7 Å². The number of rotatable bonds is 5. The Morgan fingerprint density at radius 1 is 1.25 bits per heavy atom. The Kier molecular flexibility index (Phi) is 4.26. The summed E-state index contributed by atoms with van der Waals surface area (Å²) in [6.07, 6.45) is 0. The van der Waals surface area contributed by atoms with E-state index >= 15 is 0 Å². The molecule has 0 radical (unpaired) electrons. The van der Waals surface area contributed by atoms with Crippen LogP contribution < -0.4 is 21.3 Å². The van der Waals surface area contributed by atoms with Crippen molar-refractivity contribution in [3.8, 4) is 6.01 Å². The fourth-order valence-electron chi connectivity index (χ4n) is 1.51. The second-order valence-electron chi connectivity index (χ2n) is 3.95. The normalized spacial score (nSPS) is 10.2. The molecular formula is C12H15FN6O. The summed E-state index contributed by atoms with van der Waals surface area (Å²) in [5.41, 5.74) is 3.38. The molecule has 2 rings (SSSR count). The average Bonchev–Trinajstić information content (AvgIpc) is 2.42. The molecule has 106 valence electrons. The van der Waals surface area contributed by atoms with E-state index in [4.69, 9.17) is 10.6 Å². The van der Waals surface area contributed by atoms with Crippen LogP contribution in [0.4, 0.5) is 22.0 Å². The third-order valence-corrected chi connectivity index (χ3v) is 2.39. The first-order valence-corrected chi connectivity index (χ1v) is 6.01. The molecule has 20 heavy (non-hydrogen) atoms. The van der Waals surface area contributed by atoms with Gasteiger partial charge >= 0.3 is 6.01 Å². The maximum Gasteiger partial charge on any atom is 0.323 e. The topological polar surface area (TPSA) is 98.0 Å². The largest absolute Gasteiger partial charge is 0.464 e. The number of nitrogens with zero attached hydrogens (tertiary/aromatic N) is 3. The molecule has 0 unspecified atom stereocenters. The molecule has 4 N–H and O–H groups in total. The number of aromatic nitrogens is 3. The summed E-state index contributed by atoms with van der Waals surface area (Å²) < 4.78 is 18.9. The van der Waals surface area contributed by atoms with Crippen molar-refractivity contribution in [2.24, 2.45) is 5.84 Å². The van der Waals surface area contributed by atoms with Gasteiger partial charge < -0.3 is 10.1 Å². The Hall–Kier alpha value is -2.48. The van der Waals surface area contributed by atoms with Crippen molar-refractivity contribution in [1.29, 1.82) is 0 Å². The Morgan fingerprint density at radius 3 is 2.65 bits per heavy atom. The van der Waals surface area contributed by atoms with Gasteiger partial charge in [-0.25, -0.2) is 10.2 Å². The number of ether oxygens (including phenoxy) is 1. The van der Waals surface area contributed by atoms with E-state index in [0.29, 0.717) is 6.61 Å². The van der Waals surface area contributed by atoms with Gasteiger partial charge in [-0.05, 0) is 31.5 Å². The molecular weight excluding hydrogens is 263 g/mol. The second kappa shape index (κ2) is 6.11. The van der Waals surface area contributed by atoms with Crippen LogP contribution in [0.25, 0.3) is 0 Å². The third kappa shape index (κ3) is 3.29. The SMILES string of the molecule is CCOc1nc(NN)nc(Nc2ccc(C)cc2F)n1. The zero-order chi connectivity index (χ0) is 14.5. The standard InChI is InChI=1S/C12H15FN6O/c1-3-20-12-17-10(16-11(18-12)19-14)15-9-5-4-7(2)6-8(9)13/h4-6H,3,14H2,1-2H3,(H2,15,16,17,18,19). The van der Waals surface area contributed by atoms with Crippen molar-refractivity contribution in [3.05, 3.63) is 29.6 Å². The zero-order valence-corrected chi connectivity index (χ0v) is 11.1. The summed E-state index contributed by atoms with van der Waals surface area (Å²) in [7, 11) is 0. The number of benzene rings is 1. The van der Waals surface area contributed by atoms with E-state index < -0.39 is 5.82 Å². The minimum Gasteiger partial charge on any atom is -0.464 e. The number of anilines is 3. The van der Waals surface area contributed by atoms with Crippen molar-refractivity contribution >= 4 is 17.6 Å². The number of aryl methyl sites for hydroxylation is 1. The van der Waals surface area contributed by atoms with Crippen LogP contribution in [0, 0.1) is 12.7 Å². The first-order chi connectivity index (χ1) is 9.62. The summed E-state index contributed by atoms with van der Waals surface area (Å²) in [5, 5.41) is 2.76. The molecule has 0 fully saturated rings. The van der Waals surface area contributed by atoms with E-state index in [0.717, 1.165) is 5.56 Å². The van der Waals surface area contributed by atoms with Crippen molar-refractivity contribution < 1.29 is 9.13 Å². The van der Waals surface area contributed by atoms with Gasteiger partial charge in [0.1, 0.15) is 5.82 Å². The zero-order valence-electron chi connectivity index (χ0n) is 11.1. The van der Waals surface area contributed by atoms with Gasteiger partial charge in [-0.15, -0.1) is 0 Å². The Morgan fingerprint density at radius 2 is 2.00 bits per heavy atom. The number of hydrogen-bond acceptors (Lipinski definition) is 7. The minimum atomic E-state index is -0.398. The van der Waals surface area contributed by atoms with Crippen LogP contribution in [0.2, 0.25) is 0 Å². The van der Waals surface area contributed by atoms with Gasteiger partial charge in [-0.3, -0.25) is 5.43 Å². The van der Waals surface area contributed by atoms with E-state index in [9.17, 15) is 4.39 Å². The van der Waals surface area contributed by atoms with E-state index in [1.54, 1.807) is 26.0 Å². The number of nitrogens with two attached hydrogens (primary N) is 1. The van der Waals surface area contributed by atoms with Crippen molar-refractivity contribution in [1.82, 2.24) is 15.0 Å². The summed E-state index contributed by atoms with van der Waals surface area (Å²) in [6, 6.07) is 4.89. The first kappa shape index (κ1) is 13.9. The maximum absolute atomic E-state index is 13.8. The lowest BCUT2D eigenvalue weighted by atomic mass is 10.2. The maximum atomic E-state index is 13.8. The highest BCUT2D eigenvalue weighted by atomic mass is 19.1. The van der Waals surface area contributed by atoms with Crippen LogP contribution in [0.3, 0.4) is 0 Å². The summed E-state index contributed by atoms with van der Waals surface area (Å²) in [5.74, 6) is 5.13. The van der Waals surface area contributed by atoms with Gasteiger partial charge in [-0.1, -0.05) is 6.07 Å². The third-order valence-electron chi connectivity index (χ3n) is 2.39. The van der Waals surface area contributed by atoms with Gasteiger partial charge in [0.25, 0.3) is 0 Å². The van der Waals surface area contributed by atoms with E-state index in [-0.39, 0.29) is 23.6 Å². The number of halogens is 1. The highest BCUT2D eigenvalue weighted by molar-refractivity contribution is 5.55.